The molecule has 3 saturated carbocycles. The second-order valence-electron chi connectivity index (χ2n) is 6.73. The molecule has 0 spiro atoms. The lowest BCUT2D eigenvalue weighted by Crippen LogP contribution is -2.58. The van der Waals surface area contributed by atoms with Crippen molar-refractivity contribution in [3.63, 3.8) is 0 Å². The second-order valence-corrected chi connectivity index (χ2v) is 8.02. The lowest BCUT2D eigenvalue weighted by molar-refractivity contribution is -0.148. The topological polar surface area (TPSA) is 38.3 Å². The molecule has 4 heteroatoms. The molecule has 0 aromatic rings. The van der Waals surface area contributed by atoms with Crippen molar-refractivity contribution in [2.45, 2.75) is 74.6 Å². The Bertz CT molecular complexity index is 348. The average molecular weight is 297 g/mol. The summed E-state index contributed by atoms with van der Waals surface area (Å²) in [4.78, 5) is 12.5. The highest BCUT2D eigenvalue weighted by atomic mass is 32.2. The van der Waals surface area contributed by atoms with E-state index in [1.165, 1.54) is 57.8 Å². The highest BCUT2D eigenvalue weighted by Gasteiger charge is 2.53. The first kappa shape index (κ1) is 14.7. The third-order valence-electron chi connectivity index (χ3n) is 4.96. The van der Waals surface area contributed by atoms with Crippen LogP contribution in [0.5, 0.6) is 0 Å². The van der Waals surface area contributed by atoms with Gasteiger partial charge in [-0.25, -0.2) is 0 Å². The van der Waals surface area contributed by atoms with Gasteiger partial charge in [-0.1, -0.05) is 19.3 Å². The van der Waals surface area contributed by atoms with Gasteiger partial charge in [0.05, 0.1) is 7.11 Å². The predicted octanol–water partition coefficient (Wildman–Crippen LogP) is 3.13. The molecule has 3 aliphatic rings. The Morgan fingerprint density at radius 1 is 1.15 bits per heavy atom. The largest absolute Gasteiger partial charge is 0.468 e. The first-order chi connectivity index (χ1) is 9.74. The van der Waals surface area contributed by atoms with Crippen molar-refractivity contribution in [1.29, 1.82) is 0 Å². The minimum absolute atomic E-state index is 0.0183. The van der Waals surface area contributed by atoms with Gasteiger partial charge < -0.3 is 4.74 Å². The first-order valence-corrected chi connectivity index (χ1v) is 9.27. The molecule has 114 valence electrons. The highest BCUT2D eigenvalue weighted by Crippen LogP contribution is 2.45. The van der Waals surface area contributed by atoms with Crippen LogP contribution < -0.4 is 5.32 Å². The van der Waals surface area contributed by atoms with Crippen LogP contribution in [0.1, 0.15) is 57.8 Å². The molecule has 0 heterocycles. The Balaban J connectivity index is 1.64. The number of rotatable bonds is 7. The van der Waals surface area contributed by atoms with E-state index >= 15 is 0 Å². The van der Waals surface area contributed by atoms with Gasteiger partial charge in [-0.15, -0.1) is 0 Å². The maximum atomic E-state index is 12.5. The van der Waals surface area contributed by atoms with Crippen LogP contribution in [0.3, 0.4) is 0 Å². The van der Waals surface area contributed by atoms with Gasteiger partial charge in [-0.05, 0) is 44.4 Å². The Kier molecular flexibility index (Phi) is 4.61. The van der Waals surface area contributed by atoms with Crippen molar-refractivity contribution in [1.82, 2.24) is 5.32 Å². The molecule has 20 heavy (non-hydrogen) atoms. The summed E-state index contributed by atoms with van der Waals surface area (Å²) in [6.07, 6.45) is 11.6. The molecule has 1 unspecified atom stereocenters. The molecule has 0 bridgehead atoms. The Morgan fingerprint density at radius 2 is 1.85 bits per heavy atom. The summed E-state index contributed by atoms with van der Waals surface area (Å²) < 4.78 is 5.17. The van der Waals surface area contributed by atoms with Crippen LogP contribution in [-0.2, 0) is 9.53 Å². The van der Waals surface area contributed by atoms with Crippen molar-refractivity contribution in [3.05, 3.63) is 0 Å². The van der Waals surface area contributed by atoms with Crippen LogP contribution in [0.25, 0.3) is 0 Å². The third-order valence-corrected chi connectivity index (χ3v) is 6.53. The number of carbonyl (C=O) groups excluding carboxylic acids is 1. The number of nitrogens with one attached hydrogen (secondary N) is 1. The molecule has 3 rings (SSSR count). The fourth-order valence-corrected chi connectivity index (χ4v) is 5.00. The fourth-order valence-electron chi connectivity index (χ4n) is 3.39. The number of hydrogen-bond acceptors (Lipinski definition) is 4. The zero-order chi connectivity index (χ0) is 14.0. The molecule has 0 radical (unpaired) electrons. The SMILES string of the molecule is COC(=O)C(CSC1CCCCC1)(NC1CC1)C1CC1. The lowest BCUT2D eigenvalue weighted by Gasteiger charge is -2.34. The smallest absolute Gasteiger partial charge is 0.327 e. The summed E-state index contributed by atoms with van der Waals surface area (Å²) in [5.74, 6) is 1.40. The zero-order valence-electron chi connectivity index (χ0n) is 12.5. The molecule has 1 N–H and O–H groups in total. The van der Waals surface area contributed by atoms with Crippen molar-refractivity contribution < 1.29 is 9.53 Å². The summed E-state index contributed by atoms with van der Waals surface area (Å²) in [5, 5.41) is 4.42. The highest BCUT2D eigenvalue weighted by molar-refractivity contribution is 8.00. The molecule has 0 amide bonds. The van der Waals surface area contributed by atoms with E-state index < -0.39 is 5.54 Å². The van der Waals surface area contributed by atoms with E-state index in [2.05, 4.69) is 5.32 Å². The summed E-state index contributed by atoms with van der Waals surface area (Å²) in [6.45, 7) is 0. The monoisotopic (exact) mass is 297 g/mol. The van der Waals surface area contributed by atoms with Gasteiger partial charge in [-0.3, -0.25) is 10.1 Å². The van der Waals surface area contributed by atoms with Crippen LogP contribution in [0.15, 0.2) is 0 Å². The van der Waals surface area contributed by atoms with Crippen molar-refractivity contribution in [2.24, 2.45) is 5.92 Å². The number of esters is 1. The van der Waals surface area contributed by atoms with Crippen LogP contribution in [0, 0.1) is 5.92 Å². The number of ether oxygens (including phenoxy) is 1. The molecule has 1 atom stereocenters. The minimum Gasteiger partial charge on any atom is -0.468 e. The van der Waals surface area contributed by atoms with E-state index in [0.717, 1.165) is 11.0 Å². The molecule has 0 aromatic heterocycles. The minimum atomic E-state index is -0.391. The maximum absolute atomic E-state index is 12.5. The van der Waals surface area contributed by atoms with Crippen LogP contribution >= 0.6 is 11.8 Å². The van der Waals surface area contributed by atoms with Gasteiger partial charge in [0.15, 0.2) is 0 Å². The van der Waals surface area contributed by atoms with E-state index in [-0.39, 0.29) is 5.97 Å². The van der Waals surface area contributed by atoms with Crippen LogP contribution in [-0.4, -0.2) is 35.7 Å². The average Bonchev–Trinajstić information content (AvgIpc) is 3.37. The number of hydrogen-bond donors (Lipinski definition) is 1. The molecule has 0 aliphatic heterocycles. The van der Waals surface area contributed by atoms with Gasteiger partial charge in [0, 0.05) is 17.0 Å². The van der Waals surface area contributed by atoms with Crippen LogP contribution in [0.4, 0.5) is 0 Å². The Hall–Kier alpha value is -0.220. The predicted molar refractivity (Wildman–Crippen MR) is 83.0 cm³/mol. The molecular weight excluding hydrogens is 270 g/mol. The molecular formula is C16H27NO2S. The van der Waals surface area contributed by atoms with Crippen LogP contribution in [0.2, 0.25) is 0 Å². The third kappa shape index (κ3) is 3.33. The van der Waals surface area contributed by atoms with Gasteiger partial charge >= 0.3 is 5.97 Å². The standard InChI is InChI=1S/C16H27NO2S/c1-19-15(18)16(12-7-8-12,17-13-9-10-13)11-20-14-5-3-2-4-6-14/h12-14,17H,2-11H2,1H3. The summed E-state index contributed by atoms with van der Waals surface area (Å²) in [6, 6.07) is 0.557. The molecule has 0 saturated heterocycles. The lowest BCUT2D eigenvalue weighted by atomic mass is 9.95. The summed E-state index contributed by atoms with van der Waals surface area (Å²) in [7, 11) is 1.54. The molecule has 3 nitrogen and oxygen atoms in total. The number of methoxy groups -OCH3 is 1. The van der Waals surface area contributed by atoms with Gasteiger partial charge in [0.1, 0.15) is 5.54 Å². The first-order valence-electron chi connectivity index (χ1n) is 8.22. The van der Waals surface area contributed by atoms with E-state index in [1.807, 2.05) is 11.8 Å². The van der Waals surface area contributed by atoms with E-state index in [9.17, 15) is 4.79 Å². The Labute approximate surface area is 126 Å². The van der Waals surface area contributed by atoms with E-state index in [1.54, 1.807) is 7.11 Å². The van der Waals surface area contributed by atoms with Crippen molar-refractivity contribution >= 4 is 17.7 Å². The van der Waals surface area contributed by atoms with Gasteiger partial charge in [0.25, 0.3) is 0 Å². The zero-order valence-corrected chi connectivity index (χ0v) is 13.3. The van der Waals surface area contributed by atoms with Crippen molar-refractivity contribution in [2.75, 3.05) is 12.9 Å². The summed E-state index contributed by atoms with van der Waals surface area (Å²) in [5.41, 5.74) is -0.391. The molecule has 0 aromatic carbocycles. The van der Waals surface area contributed by atoms with Gasteiger partial charge in [0.2, 0.25) is 0 Å². The molecule has 3 aliphatic carbocycles. The van der Waals surface area contributed by atoms with E-state index in [4.69, 9.17) is 4.74 Å². The maximum Gasteiger partial charge on any atom is 0.327 e. The quantitative estimate of drug-likeness (QED) is 0.733. The molecule has 3 fully saturated rings. The van der Waals surface area contributed by atoms with Crippen molar-refractivity contribution in [3.8, 4) is 0 Å². The Morgan fingerprint density at radius 3 is 2.40 bits per heavy atom. The fraction of sp³-hybridized carbons (Fsp3) is 0.938. The second kappa shape index (κ2) is 6.27. The number of carbonyl (C=O) groups is 1. The number of thioether (sulfide) groups is 1. The normalized spacial score (nSPS) is 27.1. The van der Waals surface area contributed by atoms with Gasteiger partial charge in [-0.2, -0.15) is 11.8 Å². The summed E-state index contributed by atoms with van der Waals surface area (Å²) >= 11 is 2.02. The van der Waals surface area contributed by atoms with E-state index in [0.29, 0.717) is 12.0 Å².